The molecule has 33 heavy (non-hydrogen) atoms. The van der Waals surface area contributed by atoms with Gasteiger partial charge in [0.05, 0.1) is 11.2 Å². The van der Waals surface area contributed by atoms with Crippen molar-refractivity contribution in [2.24, 2.45) is 0 Å². The van der Waals surface area contributed by atoms with Crippen LogP contribution in [0.25, 0.3) is 21.3 Å². The second kappa shape index (κ2) is 8.88. The highest BCUT2D eigenvalue weighted by atomic mass is 32.1. The average molecular weight is 458 g/mol. The zero-order valence-electron chi connectivity index (χ0n) is 17.3. The number of pyridine rings is 1. The first-order chi connectivity index (χ1) is 16.1. The van der Waals surface area contributed by atoms with Crippen molar-refractivity contribution in [1.29, 1.82) is 0 Å². The lowest BCUT2D eigenvalue weighted by Crippen LogP contribution is -2.30. The molecule has 5 rings (SSSR count). The Kier molecular flexibility index (Phi) is 5.62. The fourth-order valence-electron chi connectivity index (χ4n) is 3.55. The molecule has 5 aromatic rings. The Balaban J connectivity index is 1.53. The number of hydrogen-bond donors (Lipinski definition) is 0. The molecule has 1 amide bonds. The van der Waals surface area contributed by atoms with E-state index in [-0.39, 0.29) is 23.1 Å². The zero-order valence-corrected chi connectivity index (χ0v) is 18.1. The minimum absolute atomic E-state index is 0.0415. The van der Waals surface area contributed by atoms with Gasteiger partial charge in [-0.3, -0.25) is 14.7 Å². The number of benzene rings is 3. The van der Waals surface area contributed by atoms with Crippen molar-refractivity contribution >= 4 is 32.6 Å². The van der Waals surface area contributed by atoms with Crippen LogP contribution >= 0.6 is 11.3 Å². The molecule has 0 aliphatic rings. The Bertz CT molecular complexity index is 1420. The van der Waals surface area contributed by atoms with E-state index in [9.17, 15) is 13.6 Å². The molecule has 0 aliphatic carbocycles. The smallest absolute Gasteiger partial charge is 0.260 e. The van der Waals surface area contributed by atoms with Crippen molar-refractivity contribution in [3.05, 3.63) is 114 Å². The zero-order chi connectivity index (χ0) is 22.8. The van der Waals surface area contributed by atoms with Crippen molar-refractivity contribution in [2.45, 2.75) is 6.54 Å². The lowest BCUT2D eigenvalue weighted by molar-refractivity contribution is 0.0985. The summed E-state index contributed by atoms with van der Waals surface area (Å²) >= 11 is 1.07. The second-order valence-corrected chi connectivity index (χ2v) is 8.44. The third-order valence-electron chi connectivity index (χ3n) is 5.18. The van der Waals surface area contributed by atoms with E-state index in [0.29, 0.717) is 10.3 Å². The number of fused-ring (bicyclic) bond motifs is 1. The lowest BCUT2D eigenvalue weighted by Gasteiger charge is -2.20. The van der Waals surface area contributed by atoms with Gasteiger partial charge >= 0.3 is 0 Å². The van der Waals surface area contributed by atoms with Gasteiger partial charge in [-0.05, 0) is 41.0 Å². The minimum Gasteiger partial charge on any atom is -0.279 e. The molecule has 0 bridgehead atoms. The van der Waals surface area contributed by atoms with E-state index in [1.54, 1.807) is 30.6 Å². The van der Waals surface area contributed by atoms with Gasteiger partial charge < -0.3 is 0 Å². The molecule has 0 radical (unpaired) electrons. The van der Waals surface area contributed by atoms with E-state index < -0.39 is 11.6 Å². The predicted octanol–water partition coefficient (Wildman–Crippen LogP) is 6.48. The minimum atomic E-state index is -0.756. The van der Waals surface area contributed by atoms with Crippen LogP contribution in [-0.4, -0.2) is 15.9 Å². The number of halogens is 2. The largest absolute Gasteiger partial charge is 0.279 e. The Hall–Kier alpha value is -3.97. The van der Waals surface area contributed by atoms with Crippen LogP contribution in [0, 0.1) is 11.6 Å². The Labute approximate surface area is 192 Å². The van der Waals surface area contributed by atoms with Gasteiger partial charge in [0.25, 0.3) is 5.91 Å². The molecular weight excluding hydrogens is 440 g/mol. The van der Waals surface area contributed by atoms with Crippen LogP contribution in [0.5, 0.6) is 0 Å². The highest BCUT2D eigenvalue weighted by Gasteiger charge is 2.23. The summed E-state index contributed by atoms with van der Waals surface area (Å²) in [6, 6.07) is 22.8. The highest BCUT2D eigenvalue weighted by Crippen LogP contribution is 2.33. The van der Waals surface area contributed by atoms with E-state index in [0.717, 1.165) is 34.1 Å². The van der Waals surface area contributed by atoms with Crippen LogP contribution in [0.1, 0.15) is 15.9 Å². The van der Waals surface area contributed by atoms with Gasteiger partial charge in [-0.15, -0.1) is 0 Å². The van der Waals surface area contributed by atoms with Crippen molar-refractivity contribution in [3.63, 3.8) is 0 Å². The molecule has 0 atom stereocenters. The quantitative estimate of drug-likeness (QED) is 0.303. The third-order valence-corrected chi connectivity index (χ3v) is 6.21. The number of carbonyl (C=O) groups excluding carboxylic acids is 1. The predicted molar refractivity (Wildman–Crippen MR) is 126 cm³/mol. The number of nitrogens with zero attached hydrogens (tertiary/aromatic N) is 3. The van der Waals surface area contributed by atoms with E-state index in [2.05, 4.69) is 9.97 Å². The fourth-order valence-corrected chi connectivity index (χ4v) is 4.56. The van der Waals surface area contributed by atoms with Gasteiger partial charge in [0, 0.05) is 24.0 Å². The number of anilines is 1. The third kappa shape index (κ3) is 4.36. The molecule has 3 aromatic carbocycles. The van der Waals surface area contributed by atoms with Gasteiger partial charge in [-0.2, -0.15) is 0 Å². The van der Waals surface area contributed by atoms with Gasteiger partial charge in [-0.25, -0.2) is 13.8 Å². The van der Waals surface area contributed by atoms with E-state index >= 15 is 0 Å². The molecule has 0 N–H and O–H groups in total. The number of amides is 1. The van der Waals surface area contributed by atoms with Gasteiger partial charge in [-0.1, -0.05) is 59.9 Å². The lowest BCUT2D eigenvalue weighted by atomic mass is 10.0. The monoisotopic (exact) mass is 457 g/mol. The van der Waals surface area contributed by atoms with E-state index in [1.807, 2.05) is 48.5 Å². The summed E-state index contributed by atoms with van der Waals surface area (Å²) in [4.78, 5) is 23.4. The van der Waals surface area contributed by atoms with Crippen LogP contribution < -0.4 is 4.90 Å². The summed E-state index contributed by atoms with van der Waals surface area (Å²) < 4.78 is 28.3. The molecule has 4 nitrogen and oxygen atoms in total. The van der Waals surface area contributed by atoms with Crippen molar-refractivity contribution in [1.82, 2.24) is 9.97 Å². The summed E-state index contributed by atoms with van der Waals surface area (Å²) in [7, 11) is 0. The first-order valence-electron chi connectivity index (χ1n) is 10.2. The summed E-state index contributed by atoms with van der Waals surface area (Å²) in [6.45, 7) is 0.192. The molecule has 0 saturated carbocycles. The van der Waals surface area contributed by atoms with Crippen molar-refractivity contribution in [3.8, 4) is 11.1 Å². The number of hydrogen-bond acceptors (Lipinski definition) is 4. The molecule has 2 heterocycles. The van der Waals surface area contributed by atoms with Gasteiger partial charge in [0.1, 0.15) is 11.3 Å². The molecule has 2 aromatic heterocycles. The maximum absolute atomic E-state index is 14.3. The number of thiazole rings is 1. The molecule has 0 aliphatic heterocycles. The maximum Gasteiger partial charge on any atom is 0.260 e. The molecule has 0 fully saturated rings. The summed E-state index contributed by atoms with van der Waals surface area (Å²) in [5.74, 6) is -1.73. The number of carbonyl (C=O) groups is 1. The van der Waals surface area contributed by atoms with E-state index in [4.69, 9.17) is 0 Å². The number of rotatable bonds is 5. The Morgan fingerprint density at radius 3 is 2.39 bits per heavy atom. The Morgan fingerprint density at radius 2 is 1.67 bits per heavy atom. The standard InChI is InChI=1S/C26H17F2N3OS/c27-21-13-22(28)24-23(14-21)33-26(30-24)31(16-17-5-4-12-29-15-17)25(32)20-10-8-19(9-11-20)18-6-2-1-3-7-18/h1-15H,16H2. The summed E-state index contributed by atoms with van der Waals surface area (Å²) in [5.41, 5.74) is 3.33. The molecule has 0 spiro atoms. The van der Waals surface area contributed by atoms with Gasteiger partial charge in [0.2, 0.25) is 0 Å². The second-order valence-electron chi connectivity index (χ2n) is 7.43. The normalized spacial score (nSPS) is 11.0. The van der Waals surface area contributed by atoms with Crippen LogP contribution in [-0.2, 0) is 6.54 Å². The van der Waals surface area contributed by atoms with E-state index in [1.165, 1.54) is 11.0 Å². The van der Waals surface area contributed by atoms with Crippen LogP contribution in [0.3, 0.4) is 0 Å². The van der Waals surface area contributed by atoms with Crippen LogP contribution in [0.4, 0.5) is 13.9 Å². The topological polar surface area (TPSA) is 46.1 Å². The molecular formula is C26H17F2N3OS. The fraction of sp³-hybridized carbons (Fsp3) is 0.0385. The SMILES string of the molecule is O=C(c1ccc(-c2ccccc2)cc1)N(Cc1cccnc1)c1nc2c(F)cc(F)cc2s1. The molecule has 7 heteroatoms. The molecule has 0 saturated heterocycles. The maximum atomic E-state index is 14.3. The molecule has 0 unspecified atom stereocenters. The molecule has 162 valence electrons. The van der Waals surface area contributed by atoms with Crippen molar-refractivity contribution in [2.75, 3.05) is 4.90 Å². The van der Waals surface area contributed by atoms with Crippen LogP contribution in [0.15, 0.2) is 91.3 Å². The highest BCUT2D eigenvalue weighted by molar-refractivity contribution is 7.22. The first-order valence-corrected chi connectivity index (χ1v) is 11.0. The summed E-state index contributed by atoms with van der Waals surface area (Å²) in [6.07, 6.45) is 3.31. The van der Waals surface area contributed by atoms with Gasteiger partial charge in [0.15, 0.2) is 10.9 Å². The summed E-state index contributed by atoms with van der Waals surface area (Å²) in [5, 5.41) is 0.287. The average Bonchev–Trinajstić information content (AvgIpc) is 3.27. The van der Waals surface area contributed by atoms with Crippen LogP contribution in [0.2, 0.25) is 0 Å². The number of aromatic nitrogens is 2. The van der Waals surface area contributed by atoms with Crippen molar-refractivity contribution < 1.29 is 13.6 Å². The first kappa shape index (κ1) is 20.9. The Morgan fingerprint density at radius 1 is 0.909 bits per heavy atom.